The van der Waals surface area contributed by atoms with Gasteiger partial charge in [-0.15, -0.1) is 0 Å². The number of esters is 1. The first-order valence-corrected chi connectivity index (χ1v) is 11.0. The van der Waals surface area contributed by atoms with Gasteiger partial charge in [-0.2, -0.15) is 5.26 Å². The first kappa shape index (κ1) is 23.1. The van der Waals surface area contributed by atoms with Crippen LogP contribution >= 0.6 is 0 Å². The minimum Gasteiger partial charge on any atom is -0.491 e. The molecule has 0 aliphatic carbocycles. The highest BCUT2D eigenvalue weighted by Crippen LogP contribution is 2.31. The molecule has 32 heavy (non-hydrogen) atoms. The fraction of sp³-hybridized carbons (Fsp3) is 0.400. The summed E-state index contributed by atoms with van der Waals surface area (Å²) in [7, 11) is 0. The molecule has 1 unspecified atom stereocenters. The lowest BCUT2D eigenvalue weighted by Crippen LogP contribution is -2.30. The smallest absolute Gasteiger partial charge is 0.333 e. The first-order chi connectivity index (χ1) is 15.5. The van der Waals surface area contributed by atoms with Crippen molar-refractivity contribution in [3.05, 3.63) is 59.2 Å². The summed E-state index contributed by atoms with van der Waals surface area (Å²) < 4.78 is 11.4. The standard InChI is InChI=1S/C25H29N3O4/c1-3-18-9-12-22(32-15-14-28-13-5-6-23(28)29)21(16-18)24(25(30)31-4-2)27-20-10-7-19(17-26)8-11-20/h7-12,16,24,27H,3-6,13-15H2,1-2H3. The van der Waals surface area contributed by atoms with Crippen molar-refractivity contribution >= 4 is 17.6 Å². The molecule has 0 saturated carbocycles. The summed E-state index contributed by atoms with van der Waals surface area (Å²) in [5.74, 6) is 0.319. The fourth-order valence-electron chi connectivity index (χ4n) is 3.68. The Morgan fingerprint density at radius 3 is 2.62 bits per heavy atom. The molecule has 1 fully saturated rings. The molecule has 1 saturated heterocycles. The van der Waals surface area contributed by atoms with Crippen LogP contribution in [-0.4, -0.2) is 43.1 Å². The van der Waals surface area contributed by atoms with Gasteiger partial charge in [0, 0.05) is 24.2 Å². The van der Waals surface area contributed by atoms with Crippen LogP contribution in [0.15, 0.2) is 42.5 Å². The van der Waals surface area contributed by atoms with E-state index in [2.05, 4.69) is 11.4 Å². The molecule has 1 aliphatic rings. The number of carbonyl (C=O) groups is 2. The van der Waals surface area contributed by atoms with Gasteiger partial charge in [0.05, 0.1) is 24.8 Å². The molecule has 2 aromatic rings. The number of carbonyl (C=O) groups excluding carboxylic acids is 2. The van der Waals surface area contributed by atoms with Gasteiger partial charge in [-0.05, 0) is 61.7 Å². The van der Waals surface area contributed by atoms with Gasteiger partial charge in [-0.3, -0.25) is 4.79 Å². The number of nitrogens with zero attached hydrogens (tertiary/aromatic N) is 2. The minimum absolute atomic E-state index is 0.155. The summed E-state index contributed by atoms with van der Waals surface area (Å²) >= 11 is 0. The highest BCUT2D eigenvalue weighted by Gasteiger charge is 2.26. The van der Waals surface area contributed by atoms with Crippen molar-refractivity contribution in [2.75, 3.05) is 31.6 Å². The number of ether oxygens (including phenoxy) is 2. The van der Waals surface area contributed by atoms with E-state index in [0.29, 0.717) is 42.1 Å². The molecule has 7 heteroatoms. The third kappa shape index (κ3) is 5.79. The highest BCUT2D eigenvalue weighted by atomic mass is 16.5. The second-order valence-corrected chi connectivity index (χ2v) is 7.58. The Hall–Kier alpha value is -3.53. The maximum Gasteiger partial charge on any atom is 0.333 e. The van der Waals surface area contributed by atoms with E-state index in [-0.39, 0.29) is 12.5 Å². The second-order valence-electron chi connectivity index (χ2n) is 7.58. The Balaban J connectivity index is 1.85. The van der Waals surface area contributed by atoms with E-state index in [1.54, 1.807) is 36.1 Å². The quantitative estimate of drug-likeness (QED) is 0.570. The van der Waals surface area contributed by atoms with E-state index < -0.39 is 12.0 Å². The highest BCUT2D eigenvalue weighted by molar-refractivity contribution is 5.82. The fourth-order valence-corrected chi connectivity index (χ4v) is 3.68. The van der Waals surface area contributed by atoms with Gasteiger partial charge >= 0.3 is 5.97 Å². The molecule has 1 atom stereocenters. The largest absolute Gasteiger partial charge is 0.491 e. The Labute approximate surface area is 188 Å². The van der Waals surface area contributed by atoms with E-state index in [1.807, 2.05) is 25.1 Å². The molecule has 0 aromatic heterocycles. The summed E-state index contributed by atoms with van der Waals surface area (Å²) in [4.78, 5) is 26.6. The third-order valence-corrected chi connectivity index (χ3v) is 5.43. The van der Waals surface area contributed by atoms with E-state index >= 15 is 0 Å². The van der Waals surface area contributed by atoms with Gasteiger partial charge in [0.25, 0.3) is 0 Å². The number of nitrogens with one attached hydrogen (secondary N) is 1. The molecule has 1 N–H and O–H groups in total. The molecule has 168 valence electrons. The van der Waals surface area contributed by atoms with Crippen molar-refractivity contribution in [1.82, 2.24) is 4.90 Å². The summed E-state index contributed by atoms with van der Waals surface area (Å²) in [6.45, 7) is 5.69. The van der Waals surface area contributed by atoms with Crippen LogP contribution in [0.2, 0.25) is 0 Å². The van der Waals surface area contributed by atoms with E-state index in [9.17, 15) is 9.59 Å². The molecule has 0 spiro atoms. The normalized spacial score (nSPS) is 14.0. The molecule has 0 bridgehead atoms. The van der Waals surface area contributed by atoms with Crippen LogP contribution in [0.5, 0.6) is 5.75 Å². The molecule has 0 radical (unpaired) electrons. The van der Waals surface area contributed by atoms with Gasteiger partial charge < -0.3 is 19.7 Å². The monoisotopic (exact) mass is 435 g/mol. The van der Waals surface area contributed by atoms with Gasteiger partial charge in [0.15, 0.2) is 6.04 Å². The van der Waals surface area contributed by atoms with E-state index in [4.69, 9.17) is 14.7 Å². The Kier molecular flexibility index (Phi) is 8.09. The average molecular weight is 436 g/mol. The molecule has 1 aliphatic heterocycles. The van der Waals surface area contributed by atoms with Gasteiger partial charge in [-0.25, -0.2) is 4.79 Å². The molecule has 7 nitrogen and oxygen atoms in total. The molecule has 1 amide bonds. The van der Waals surface area contributed by atoms with Crippen molar-refractivity contribution < 1.29 is 19.1 Å². The number of benzene rings is 2. The zero-order valence-electron chi connectivity index (χ0n) is 18.6. The molecule has 3 rings (SSSR count). The van der Waals surface area contributed by atoms with Crippen molar-refractivity contribution in [3.8, 4) is 11.8 Å². The predicted octanol–water partition coefficient (Wildman–Crippen LogP) is 3.84. The van der Waals surface area contributed by atoms with Gasteiger partial charge in [0.1, 0.15) is 12.4 Å². The van der Waals surface area contributed by atoms with Crippen LogP contribution in [0.25, 0.3) is 0 Å². The number of hydrogen-bond donors (Lipinski definition) is 1. The summed E-state index contributed by atoms with van der Waals surface area (Å²) in [6.07, 6.45) is 2.28. The molecular formula is C25H29N3O4. The summed E-state index contributed by atoms with van der Waals surface area (Å²) in [5.41, 5.74) is 2.98. The van der Waals surface area contributed by atoms with Crippen LogP contribution in [-0.2, 0) is 20.7 Å². The third-order valence-electron chi connectivity index (χ3n) is 5.43. The zero-order chi connectivity index (χ0) is 22.9. The van der Waals surface area contributed by atoms with Crippen LogP contribution in [0, 0.1) is 11.3 Å². The number of anilines is 1. The van der Waals surface area contributed by atoms with Crippen LogP contribution in [0.4, 0.5) is 5.69 Å². The van der Waals surface area contributed by atoms with Crippen LogP contribution in [0.3, 0.4) is 0 Å². The zero-order valence-corrected chi connectivity index (χ0v) is 18.6. The number of rotatable bonds is 10. The van der Waals surface area contributed by atoms with Crippen LogP contribution in [0.1, 0.15) is 49.4 Å². The van der Waals surface area contributed by atoms with Crippen molar-refractivity contribution in [2.24, 2.45) is 0 Å². The molecule has 2 aromatic carbocycles. The lowest BCUT2D eigenvalue weighted by Gasteiger charge is -2.23. The summed E-state index contributed by atoms with van der Waals surface area (Å²) in [5, 5.41) is 12.3. The SMILES string of the molecule is CCOC(=O)C(Nc1ccc(C#N)cc1)c1cc(CC)ccc1OCCN1CCCC1=O. The topological polar surface area (TPSA) is 91.7 Å². The second kappa shape index (κ2) is 11.2. The Morgan fingerprint density at radius 1 is 1.22 bits per heavy atom. The molecule has 1 heterocycles. The Bertz CT molecular complexity index is 982. The average Bonchev–Trinajstić information content (AvgIpc) is 3.22. The van der Waals surface area contributed by atoms with Crippen molar-refractivity contribution in [3.63, 3.8) is 0 Å². The van der Waals surface area contributed by atoms with E-state index in [1.165, 1.54) is 0 Å². The van der Waals surface area contributed by atoms with Gasteiger partial charge in [-0.1, -0.05) is 13.0 Å². The van der Waals surface area contributed by atoms with Gasteiger partial charge in [0.2, 0.25) is 5.91 Å². The number of likely N-dealkylation sites (tertiary alicyclic amines) is 1. The lowest BCUT2D eigenvalue weighted by molar-refractivity contribution is -0.144. The molecular weight excluding hydrogens is 406 g/mol. The minimum atomic E-state index is -0.780. The predicted molar refractivity (Wildman–Crippen MR) is 121 cm³/mol. The number of nitriles is 1. The Morgan fingerprint density at radius 2 is 2.00 bits per heavy atom. The number of hydrogen-bond acceptors (Lipinski definition) is 6. The maximum atomic E-state index is 12.9. The lowest BCUT2D eigenvalue weighted by atomic mass is 10.0. The number of amides is 1. The van der Waals surface area contributed by atoms with E-state index in [0.717, 1.165) is 24.9 Å². The first-order valence-electron chi connectivity index (χ1n) is 11.0. The summed E-state index contributed by atoms with van der Waals surface area (Å²) in [6, 6.07) is 14.0. The number of aryl methyl sites for hydroxylation is 1. The van der Waals surface area contributed by atoms with Crippen molar-refractivity contribution in [1.29, 1.82) is 5.26 Å². The maximum absolute atomic E-state index is 12.9. The van der Waals surface area contributed by atoms with Crippen LogP contribution < -0.4 is 10.1 Å². The van der Waals surface area contributed by atoms with Crippen molar-refractivity contribution in [2.45, 2.75) is 39.2 Å².